The fraction of sp³-hybridized carbons (Fsp3) is 0.421. The third-order valence-corrected chi connectivity index (χ3v) is 4.70. The molecule has 142 valence electrons. The zero-order valence-electron chi connectivity index (χ0n) is 15.0. The van der Waals surface area contributed by atoms with E-state index < -0.39 is 5.97 Å². The molecule has 8 nitrogen and oxygen atoms in total. The van der Waals surface area contributed by atoms with Crippen molar-refractivity contribution < 1.29 is 24.3 Å². The molecule has 27 heavy (non-hydrogen) atoms. The number of carbonyl (C=O) groups excluding carboxylic acids is 1. The Morgan fingerprint density at radius 1 is 1.26 bits per heavy atom. The highest BCUT2D eigenvalue weighted by atomic mass is 16.5. The number of rotatable bonds is 7. The highest BCUT2D eigenvalue weighted by Gasteiger charge is 2.24. The Labute approximate surface area is 155 Å². The normalized spacial score (nSPS) is 15.6. The van der Waals surface area contributed by atoms with Gasteiger partial charge in [-0.15, -0.1) is 0 Å². The Morgan fingerprint density at radius 2 is 2.04 bits per heavy atom. The van der Waals surface area contributed by atoms with Crippen LogP contribution in [0.1, 0.15) is 44.9 Å². The van der Waals surface area contributed by atoms with Gasteiger partial charge in [0.2, 0.25) is 11.7 Å². The molecule has 2 aromatic rings. The zero-order valence-corrected chi connectivity index (χ0v) is 15.0. The molecule has 1 aliphatic rings. The van der Waals surface area contributed by atoms with E-state index >= 15 is 0 Å². The molecule has 2 aromatic heterocycles. The minimum Gasteiger partial charge on any atom is -0.506 e. The van der Waals surface area contributed by atoms with E-state index in [4.69, 9.17) is 4.52 Å². The molecule has 0 aromatic carbocycles. The number of carboxylic acids is 1. The highest BCUT2D eigenvalue weighted by molar-refractivity contribution is 5.90. The minimum absolute atomic E-state index is 0.0341. The van der Waals surface area contributed by atoms with Crippen molar-refractivity contribution in [2.75, 3.05) is 0 Å². The number of carboxylic acid groups (broad SMARTS) is 1. The third kappa shape index (κ3) is 4.58. The van der Waals surface area contributed by atoms with Gasteiger partial charge < -0.3 is 14.7 Å². The van der Waals surface area contributed by atoms with Gasteiger partial charge in [0.15, 0.2) is 0 Å². The van der Waals surface area contributed by atoms with Crippen LogP contribution >= 0.6 is 0 Å². The summed E-state index contributed by atoms with van der Waals surface area (Å²) in [5, 5.41) is 22.4. The predicted octanol–water partition coefficient (Wildman–Crippen LogP) is 2.93. The fourth-order valence-corrected chi connectivity index (χ4v) is 3.14. The molecule has 0 fully saturated rings. The van der Waals surface area contributed by atoms with E-state index in [1.165, 1.54) is 12.3 Å². The standard InChI is InChI=1S/C19H21N3O5/c1-11(16(24)9-12-4-2-3-5-14(12)19(25)26)8-17-21-18(22-27-17)15-7-6-13(23)10-20-15/h6-7,10-11,23H,2-5,8-9H2,1H3,(H,25,26). The van der Waals surface area contributed by atoms with E-state index in [0.29, 0.717) is 30.0 Å². The number of Topliss-reactive ketones (excluding diaryl/α,β-unsaturated/α-hetero) is 1. The lowest BCUT2D eigenvalue weighted by Gasteiger charge is -2.18. The summed E-state index contributed by atoms with van der Waals surface area (Å²) in [7, 11) is 0. The maximum Gasteiger partial charge on any atom is 0.331 e. The maximum atomic E-state index is 12.5. The maximum absolute atomic E-state index is 12.5. The Morgan fingerprint density at radius 3 is 2.74 bits per heavy atom. The number of aliphatic carboxylic acids is 1. The summed E-state index contributed by atoms with van der Waals surface area (Å²) in [5.74, 6) is -0.680. The lowest BCUT2D eigenvalue weighted by Crippen LogP contribution is -2.18. The van der Waals surface area contributed by atoms with Crippen LogP contribution in [0.4, 0.5) is 0 Å². The van der Waals surface area contributed by atoms with Crippen molar-refractivity contribution in [3.05, 3.63) is 35.4 Å². The smallest absolute Gasteiger partial charge is 0.331 e. The van der Waals surface area contributed by atoms with Crippen LogP contribution in [0.5, 0.6) is 5.75 Å². The number of aromatic nitrogens is 3. The summed E-state index contributed by atoms with van der Waals surface area (Å²) < 4.78 is 5.20. The van der Waals surface area contributed by atoms with Crippen molar-refractivity contribution in [3.8, 4) is 17.3 Å². The lowest BCUT2D eigenvalue weighted by atomic mass is 9.86. The van der Waals surface area contributed by atoms with Gasteiger partial charge >= 0.3 is 5.97 Å². The van der Waals surface area contributed by atoms with Crippen LogP contribution in [0.2, 0.25) is 0 Å². The summed E-state index contributed by atoms with van der Waals surface area (Å²) in [5.41, 5.74) is 1.59. The molecule has 2 N–H and O–H groups in total. The second-order valence-corrected chi connectivity index (χ2v) is 6.76. The van der Waals surface area contributed by atoms with Crippen molar-refractivity contribution in [2.24, 2.45) is 5.92 Å². The number of nitrogens with zero attached hydrogens (tertiary/aromatic N) is 3. The third-order valence-electron chi connectivity index (χ3n) is 4.70. The molecule has 0 saturated carbocycles. The fourth-order valence-electron chi connectivity index (χ4n) is 3.14. The highest BCUT2D eigenvalue weighted by Crippen LogP contribution is 2.28. The molecule has 0 radical (unpaired) electrons. The van der Waals surface area contributed by atoms with Gasteiger partial charge in [0.05, 0.1) is 6.20 Å². The molecule has 0 saturated heterocycles. The molecule has 1 atom stereocenters. The van der Waals surface area contributed by atoms with Crippen molar-refractivity contribution in [1.29, 1.82) is 0 Å². The Kier molecular flexibility index (Phi) is 5.63. The van der Waals surface area contributed by atoms with Crippen LogP contribution in [-0.4, -0.2) is 37.1 Å². The molecule has 3 rings (SSSR count). The Hall–Kier alpha value is -3.03. The number of hydrogen-bond donors (Lipinski definition) is 2. The topological polar surface area (TPSA) is 126 Å². The van der Waals surface area contributed by atoms with E-state index in [2.05, 4.69) is 15.1 Å². The van der Waals surface area contributed by atoms with E-state index in [1.54, 1.807) is 13.0 Å². The molecule has 0 spiro atoms. The second-order valence-electron chi connectivity index (χ2n) is 6.76. The molecule has 0 bridgehead atoms. The minimum atomic E-state index is -0.923. The quantitative estimate of drug-likeness (QED) is 0.760. The van der Waals surface area contributed by atoms with Crippen LogP contribution in [0.25, 0.3) is 11.5 Å². The number of ketones is 1. The molecule has 1 aliphatic carbocycles. The number of hydrogen-bond acceptors (Lipinski definition) is 7. The molecule has 8 heteroatoms. The van der Waals surface area contributed by atoms with E-state index in [0.717, 1.165) is 18.4 Å². The Bertz CT molecular complexity index is 870. The van der Waals surface area contributed by atoms with Crippen molar-refractivity contribution in [3.63, 3.8) is 0 Å². The van der Waals surface area contributed by atoms with Crippen molar-refractivity contribution >= 4 is 11.8 Å². The van der Waals surface area contributed by atoms with Gasteiger partial charge in [0.25, 0.3) is 0 Å². The summed E-state index contributed by atoms with van der Waals surface area (Å²) in [6.07, 6.45) is 4.68. The predicted molar refractivity (Wildman–Crippen MR) is 94.8 cm³/mol. The van der Waals surface area contributed by atoms with Crippen LogP contribution in [0.15, 0.2) is 34.0 Å². The van der Waals surface area contributed by atoms with E-state index in [9.17, 15) is 19.8 Å². The SMILES string of the molecule is CC(Cc1nc(-c2ccc(O)cn2)no1)C(=O)CC1=C(C(=O)O)CCCC1. The molecular weight excluding hydrogens is 350 g/mol. The van der Waals surface area contributed by atoms with Crippen LogP contribution < -0.4 is 0 Å². The van der Waals surface area contributed by atoms with Crippen molar-refractivity contribution in [2.45, 2.75) is 45.4 Å². The molecule has 0 aliphatic heterocycles. The van der Waals surface area contributed by atoms with Crippen LogP contribution in [0, 0.1) is 5.92 Å². The zero-order chi connectivity index (χ0) is 19.4. The molecular formula is C19H21N3O5. The first-order valence-corrected chi connectivity index (χ1v) is 8.89. The molecule has 0 amide bonds. The average Bonchev–Trinajstić information content (AvgIpc) is 3.11. The van der Waals surface area contributed by atoms with Gasteiger partial charge in [-0.3, -0.25) is 4.79 Å². The van der Waals surface area contributed by atoms with Gasteiger partial charge in [-0.25, -0.2) is 9.78 Å². The summed E-state index contributed by atoms with van der Waals surface area (Å²) >= 11 is 0. The first-order valence-electron chi connectivity index (χ1n) is 8.89. The van der Waals surface area contributed by atoms with Crippen LogP contribution in [0.3, 0.4) is 0 Å². The van der Waals surface area contributed by atoms with Crippen LogP contribution in [-0.2, 0) is 16.0 Å². The number of pyridine rings is 1. The van der Waals surface area contributed by atoms with Gasteiger partial charge in [0, 0.05) is 24.3 Å². The first kappa shape index (κ1) is 18.8. The monoisotopic (exact) mass is 371 g/mol. The average molecular weight is 371 g/mol. The van der Waals surface area contributed by atoms with E-state index in [1.807, 2.05) is 0 Å². The summed E-state index contributed by atoms with van der Waals surface area (Å²) in [4.78, 5) is 32.1. The summed E-state index contributed by atoms with van der Waals surface area (Å²) in [6.45, 7) is 1.77. The second kappa shape index (κ2) is 8.11. The van der Waals surface area contributed by atoms with Gasteiger partial charge in [-0.2, -0.15) is 4.98 Å². The molecule has 1 unspecified atom stereocenters. The van der Waals surface area contributed by atoms with Crippen molar-refractivity contribution in [1.82, 2.24) is 15.1 Å². The number of carbonyl (C=O) groups is 2. The van der Waals surface area contributed by atoms with Gasteiger partial charge in [-0.05, 0) is 37.8 Å². The van der Waals surface area contributed by atoms with Gasteiger partial charge in [-0.1, -0.05) is 17.7 Å². The Balaban J connectivity index is 1.65. The first-order chi connectivity index (χ1) is 12.9. The molecule has 2 heterocycles. The number of allylic oxidation sites excluding steroid dienone is 1. The van der Waals surface area contributed by atoms with E-state index in [-0.39, 0.29) is 36.1 Å². The number of aromatic hydroxyl groups is 1. The largest absolute Gasteiger partial charge is 0.506 e. The summed E-state index contributed by atoms with van der Waals surface area (Å²) in [6, 6.07) is 3.05. The van der Waals surface area contributed by atoms with Gasteiger partial charge in [0.1, 0.15) is 17.2 Å². The lowest BCUT2D eigenvalue weighted by molar-refractivity contribution is -0.133.